The maximum atomic E-state index is 5.69. The molecule has 2 aliphatic rings. The molecule has 1 fully saturated rings. The fourth-order valence-electron chi connectivity index (χ4n) is 1.30. The first-order valence-electron chi connectivity index (χ1n) is 3.55. The van der Waals surface area contributed by atoms with Crippen LogP contribution in [0.15, 0.2) is 35.5 Å². The second-order valence-corrected chi connectivity index (χ2v) is 3.06. The van der Waals surface area contributed by atoms with Crippen LogP contribution in [0.4, 0.5) is 0 Å². The van der Waals surface area contributed by atoms with Crippen LogP contribution in [0.1, 0.15) is 6.42 Å². The molecule has 0 heterocycles. The summed E-state index contributed by atoms with van der Waals surface area (Å²) in [6.07, 6.45) is 9.68. The summed E-state index contributed by atoms with van der Waals surface area (Å²) in [5.41, 5.74) is 2.94. The molecule has 10 heavy (non-hydrogen) atoms. The smallest absolute Gasteiger partial charge is 0.0292 e. The molecule has 1 saturated carbocycles. The van der Waals surface area contributed by atoms with E-state index >= 15 is 0 Å². The number of rotatable bonds is 1. The molecule has 0 aliphatic heterocycles. The van der Waals surface area contributed by atoms with Crippen molar-refractivity contribution in [2.24, 2.45) is 5.92 Å². The quantitative estimate of drug-likeness (QED) is 0.507. The largest absolute Gasteiger partial charge is 0.126 e. The van der Waals surface area contributed by atoms with Crippen molar-refractivity contribution in [3.63, 3.8) is 0 Å². The van der Waals surface area contributed by atoms with Gasteiger partial charge >= 0.3 is 0 Å². The third-order valence-electron chi connectivity index (χ3n) is 2.02. The van der Waals surface area contributed by atoms with E-state index in [1.807, 2.05) is 0 Å². The number of alkyl halides is 1. The van der Waals surface area contributed by atoms with Gasteiger partial charge in [0.25, 0.3) is 0 Å². The van der Waals surface area contributed by atoms with Gasteiger partial charge < -0.3 is 0 Å². The summed E-state index contributed by atoms with van der Waals surface area (Å²) in [4.78, 5) is 0. The third-order valence-corrected chi connectivity index (χ3v) is 2.39. The van der Waals surface area contributed by atoms with Crippen LogP contribution in [-0.4, -0.2) is 5.88 Å². The summed E-state index contributed by atoms with van der Waals surface area (Å²) in [6.45, 7) is 0. The monoisotopic (exact) mass is 152 g/mol. The molecule has 0 aromatic heterocycles. The maximum absolute atomic E-state index is 5.69. The van der Waals surface area contributed by atoms with Gasteiger partial charge in [0.2, 0.25) is 0 Å². The van der Waals surface area contributed by atoms with Gasteiger partial charge in [-0.1, -0.05) is 29.9 Å². The van der Waals surface area contributed by atoms with Crippen molar-refractivity contribution in [1.82, 2.24) is 0 Å². The number of hydrogen-bond donors (Lipinski definition) is 0. The fourth-order valence-corrected chi connectivity index (χ4v) is 1.59. The van der Waals surface area contributed by atoms with Crippen LogP contribution in [0.25, 0.3) is 0 Å². The molecule has 0 aromatic carbocycles. The molecule has 1 atom stereocenters. The van der Waals surface area contributed by atoms with E-state index in [2.05, 4.69) is 24.3 Å². The highest BCUT2D eigenvalue weighted by atomic mass is 35.5. The molecule has 52 valence electrons. The van der Waals surface area contributed by atoms with Crippen LogP contribution in [0.3, 0.4) is 0 Å². The minimum atomic E-state index is 0.684. The summed E-state index contributed by atoms with van der Waals surface area (Å²) >= 11 is 5.69. The Morgan fingerprint density at radius 1 is 1.40 bits per heavy atom. The first-order valence-corrected chi connectivity index (χ1v) is 4.09. The van der Waals surface area contributed by atoms with Gasteiger partial charge in [0.1, 0.15) is 0 Å². The highest BCUT2D eigenvalue weighted by molar-refractivity contribution is 6.18. The highest BCUT2D eigenvalue weighted by Gasteiger charge is 2.30. The molecule has 2 aliphatic carbocycles. The summed E-state index contributed by atoms with van der Waals surface area (Å²) < 4.78 is 0. The van der Waals surface area contributed by atoms with E-state index in [4.69, 9.17) is 11.6 Å². The van der Waals surface area contributed by atoms with Crippen molar-refractivity contribution in [3.05, 3.63) is 35.5 Å². The van der Waals surface area contributed by atoms with E-state index in [0.717, 1.165) is 5.88 Å². The molecule has 0 bridgehead atoms. The van der Waals surface area contributed by atoms with Crippen molar-refractivity contribution >= 4 is 11.6 Å². The zero-order valence-corrected chi connectivity index (χ0v) is 6.43. The highest BCUT2D eigenvalue weighted by Crippen LogP contribution is 2.42. The molecule has 0 radical (unpaired) electrons. The molecule has 0 nitrogen and oxygen atoms in total. The maximum Gasteiger partial charge on any atom is 0.0292 e. The Labute approximate surface area is 65.9 Å². The van der Waals surface area contributed by atoms with Gasteiger partial charge in [0, 0.05) is 5.88 Å². The molecular formula is C9H9Cl. The van der Waals surface area contributed by atoms with Gasteiger partial charge in [-0.15, -0.1) is 11.6 Å². The summed E-state index contributed by atoms with van der Waals surface area (Å²) in [5, 5.41) is 0. The lowest BCUT2D eigenvalue weighted by Gasteiger charge is -1.85. The van der Waals surface area contributed by atoms with Crippen LogP contribution in [0.5, 0.6) is 0 Å². The van der Waals surface area contributed by atoms with Crippen LogP contribution in [0, 0.1) is 5.92 Å². The van der Waals surface area contributed by atoms with Crippen LogP contribution in [-0.2, 0) is 0 Å². The molecule has 1 heteroatoms. The molecule has 0 spiro atoms. The van der Waals surface area contributed by atoms with Gasteiger partial charge in [-0.25, -0.2) is 0 Å². The Balaban J connectivity index is 2.18. The number of allylic oxidation sites excluding steroid dienone is 6. The first-order chi connectivity index (χ1) is 4.92. The lowest BCUT2D eigenvalue weighted by molar-refractivity contribution is 1.03. The van der Waals surface area contributed by atoms with E-state index in [-0.39, 0.29) is 0 Å². The summed E-state index contributed by atoms with van der Waals surface area (Å²) in [7, 11) is 0. The average molecular weight is 153 g/mol. The predicted octanol–water partition coefficient (Wildman–Crippen LogP) is 2.67. The normalized spacial score (nSPS) is 28.3. The minimum Gasteiger partial charge on any atom is -0.126 e. The van der Waals surface area contributed by atoms with E-state index < -0.39 is 0 Å². The summed E-state index contributed by atoms with van der Waals surface area (Å²) in [5.74, 6) is 1.48. The summed E-state index contributed by atoms with van der Waals surface area (Å²) in [6, 6.07) is 0. The average Bonchev–Trinajstić information content (AvgIpc) is 2.56. The second-order valence-electron chi connectivity index (χ2n) is 2.75. The molecular weight excluding hydrogens is 144 g/mol. The SMILES string of the molecule is ClCC1CC1=C1C=CC=C1. The third kappa shape index (κ3) is 0.929. The van der Waals surface area contributed by atoms with Crippen LogP contribution < -0.4 is 0 Å². The van der Waals surface area contributed by atoms with Gasteiger partial charge in [-0.05, 0) is 17.9 Å². The fraction of sp³-hybridized carbons (Fsp3) is 0.333. The standard InChI is InChI=1S/C9H9Cl/c10-6-8-5-9(8)7-3-1-2-4-7/h1-4,8H,5-6H2. The Kier molecular flexibility index (Phi) is 1.42. The Hall–Kier alpha value is -0.490. The lowest BCUT2D eigenvalue weighted by atomic mass is 10.2. The minimum absolute atomic E-state index is 0.684. The zero-order valence-electron chi connectivity index (χ0n) is 5.68. The van der Waals surface area contributed by atoms with Crippen molar-refractivity contribution < 1.29 is 0 Å². The van der Waals surface area contributed by atoms with Crippen molar-refractivity contribution in [3.8, 4) is 0 Å². The van der Waals surface area contributed by atoms with Crippen molar-refractivity contribution in [1.29, 1.82) is 0 Å². The van der Waals surface area contributed by atoms with E-state index in [1.165, 1.54) is 12.0 Å². The van der Waals surface area contributed by atoms with E-state index in [1.54, 1.807) is 5.57 Å². The zero-order chi connectivity index (χ0) is 6.97. The van der Waals surface area contributed by atoms with Gasteiger partial charge in [0.15, 0.2) is 0 Å². The molecule has 0 saturated heterocycles. The topological polar surface area (TPSA) is 0 Å². The number of hydrogen-bond acceptors (Lipinski definition) is 0. The van der Waals surface area contributed by atoms with Crippen LogP contribution in [0.2, 0.25) is 0 Å². The lowest BCUT2D eigenvalue weighted by Crippen LogP contribution is -1.74. The Morgan fingerprint density at radius 2 is 2.10 bits per heavy atom. The molecule has 0 amide bonds. The van der Waals surface area contributed by atoms with Gasteiger partial charge in [-0.2, -0.15) is 0 Å². The van der Waals surface area contributed by atoms with E-state index in [0.29, 0.717) is 5.92 Å². The predicted molar refractivity (Wildman–Crippen MR) is 44.1 cm³/mol. The van der Waals surface area contributed by atoms with Crippen molar-refractivity contribution in [2.75, 3.05) is 5.88 Å². The molecule has 1 unspecified atom stereocenters. The van der Waals surface area contributed by atoms with Gasteiger partial charge in [0.05, 0.1) is 0 Å². The molecule has 0 aromatic rings. The van der Waals surface area contributed by atoms with Gasteiger partial charge in [-0.3, -0.25) is 0 Å². The number of halogens is 1. The Morgan fingerprint density at radius 3 is 2.60 bits per heavy atom. The van der Waals surface area contributed by atoms with Crippen LogP contribution >= 0.6 is 11.6 Å². The van der Waals surface area contributed by atoms with E-state index in [9.17, 15) is 0 Å². The molecule has 2 rings (SSSR count). The van der Waals surface area contributed by atoms with Crippen molar-refractivity contribution in [2.45, 2.75) is 6.42 Å². The second kappa shape index (κ2) is 2.28. The first kappa shape index (κ1) is 6.23. The molecule has 0 N–H and O–H groups in total. The Bertz CT molecular complexity index is 219.